The third-order valence-electron chi connectivity index (χ3n) is 4.61. The summed E-state index contributed by atoms with van der Waals surface area (Å²) in [6.07, 6.45) is 0. The molecule has 1 saturated heterocycles. The maximum Gasteiger partial charge on any atom is 0.288 e. The molecule has 148 valence electrons. The Morgan fingerprint density at radius 2 is 1.89 bits per heavy atom. The first-order valence-corrected chi connectivity index (χ1v) is 9.51. The molecule has 0 spiro atoms. The summed E-state index contributed by atoms with van der Waals surface area (Å²) in [5.74, 6) is -0.412. The number of benzene rings is 2. The van der Waals surface area contributed by atoms with Gasteiger partial charge in [0.2, 0.25) is 0 Å². The van der Waals surface area contributed by atoms with Crippen molar-refractivity contribution < 1.29 is 14.5 Å². The van der Waals surface area contributed by atoms with Gasteiger partial charge in [0.05, 0.1) is 24.2 Å². The predicted octanol–water partition coefficient (Wildman–Crippen LogP) is 3.70. The first kappa shape index (κ1) is 20.5. The average molecular weight is 424 g/mol. The lowest BCUT2D eigenvalue weighted by Crippen LogP contribution is -2.44. The molecule has 1 fully saturated rings. The molecule has 1 amide bonds. The van der Waals surface area contributed by atoms with Crippen LogP contribution >= 0.6 is 23.2 Å². The van der Waals surface area contributed by atoms with E-state index < -0.39 is 10.8 Å². The summed E-state index contributed by atoms with van der Waals surface area (Å²) in [7, 11) is 0. The van der Waals surface area contributed by atoms with E-state index in [2.05, 4.69) is 10.2 Å². The minimum absolute atomic E-state index is 0.0104. The number of halogens is 2. The molecule has 0 radical (unpaired) electrons. The smallest absolute Gasteiger partial charge is 0.288 e. The van der Waals surface area contributed by atoms with E-state index in [1.165, 1.54) is 18.2 Å². The Morgan fingerprint density at radius 1 is 1.18 bits per heavy atom. The van der Waals surface area contributed by atoms with E-state index in [1.807, 2.05) is 24.3 Å². The zero-order valence-electron chi connectivity index (χ0n) is 14.9. The molecule has 1 aliphatic rings. The van der Waals surface area contributed by atoms with Gasteiger partial charge < -0.3 is 10.1 Å². The Balaban J connectivity index is 1.78. The number of carbonyl (C=O) groups excluding carboxylic acids is 1. The number of nitro benzene ring substituents is 1. The zero-order chi connectivity index (χ0) is 20.1. The van der Waals surface area contributed by atoms with Crippen molar-refractivity contribution in [2.75, 3.05) is 32.8 Å². The van der Waals surface area contributed by atoms with Gasteiger partial charge in [-0.2, -0.15) is 0 Å². The van der Waals surface area contributed by atoms with Gasteiger partial charge in [-0.15, -0.1) is 0 Å². The Hall–Kier alpha value is -2.19. The van der Waals surface area contributed by atoms with Crippen LogP contribution in [0.4, 0.5) is 5.69 Å². The second kappa shape index (κ2) is 9.34. The maximum absolute atomic E-state index is 12.6. The van der Waals surface area contributed by atoms with Gasteiger partial charge in [-0.05, 0) is 23.8 Å². The minimum atomic E-state index is -0.612. The summed E-state index contributed by atoms with van der Waals surface area (Å²) in [4.78, 5) is 25.2. The number of nitrogens with one attached hydrogen (secondary N) is 1. The number of hydrogen-bond donors (Lipinski definition) is 1. The van der Waals surface area contributed by atoms with Crippen LogP contribution in [-0.4, -0.2) is 48.6 Å². The van der Waals surface area contributed by atoms with Gasteiger partial charge in [0.25, 0.3) is 11.6 Å². The van der Waals surface area contributed by atoms with Crippen molar-refractivity contribution in [3.05, 3.63) is 73.8 Å². The molecule has 28 heavy (non-hydrogen) atoms. The lowest BCUT2D eigenvalue weighted by molar-refractivity contribution is -0.384. The molecule has 2 aromatic rings. The highest BCUT2D eigenvalue weighted by Gasteiger charge is 2.25. The normalized spacial score (nSPS) is 15.8. The van der Waals surface area contributed by atoms with Gasteiger partial charge in [-0.25, -0.2) is 0 Å². The minimum Gasteiger partial charge on any atom is -0.379 e. The number of rotatable bonds is 6. The quantitative estimate of drug-likeness (QED) is 0.565. The molecule has 3 rings (SSSR count). The van der Waals surface area contributed by atoms with Gasteiger partial charge in [0.15, 0.2) is 0 Å². The van der Waals surface area contributed by atoms with Gasteiger partial charge in [-0.3, -0.25) is 19.8 Å². The zero-order valence-corrected chi connectivity index (χ0v) is 16.4. The average Bonchev–Trinajstić information content (AvgIpc) is 2.70. The van der Waals surface area contributed by atoms with Crippen molar-refractivity contribution in [1.82, 2.24) is 10.2 Å². The molecule has 7 nitrogen and oxygen atoms in total. The van der Waals surface area contributed by atoms with Crippen molar-refractivity contribution >= 4 is 34.8 Å². The van der Waals surface area contributed by atoms with Crippen LogP contribution in [-0.2, 0) is 4.74 Å². The van der Waals surface area contributed by atoms with Crippen LogP contribution in [0.2, 0.25) is 10.0 Å². The maximum atomic E-state index is 12.6. The van der Waals surface area contributed by atoms with Crippen molar-refractivity contribution in [3.63, 3.8) is 0 Å². The van der Waals surface area contributed by atoms with E-state index >= 15 is 0 Å². The standard InChI is InChI=1S/C19H19Cl2N3O4/c20-15-4-2-1-3-14(15)18(23-7-9-28-10-8-23)12-22-19(25)13-5-6-16(21)17(11-13)24(26)27/h1-6,11,18H,7-10,12H2,(H,22,25). The van der Waals surface area contributed by atoms with Crippen LogP contribution in [0.25, 0.3) is 0 Å². The van der Waals surface area contributed by atoms with E-state index in [0.29, 0.717) is 24.8 Å². The number of nitrogens with zero attached hydrogens (tertiary/aromatic N) is 2. The Labute approximate surface area is 172 Å². The number of nitro groups is 1. The number of ether oxygens (including phenoxy) is 1. The number of morpholine rings is 1. The molecule has 1 unspecified atom stereocenters. The molecule has 0 aromatic heterocycles. The summed E-state index contributed by atoms with van der Waals surface area (Å²) in [5.41, 5.74) is 0.787. The highest BCUT2D eigenvalue weighted by molar-refractivity contribution is 6.32. The van der Waals surface area contributed by atoms with Crippen LogP contribution in [0.5, 0.6) is 0 Å². The Morgan fingerprint density at radius 3 is 2.57 bits per heavy atom. The monoisotopic (exact) mass is 423 g/mol. The third kappa shape index (κ3) is 4.80. The van der Waals surface area contributed by atoms with E-state index in [0.717, 1.165) is 18.7 Å². The predicted molar refractivity (Wildman–Crippen MR) is 107 cm³/mol. The van der Waals surface area contributed by atoms with Gasteiger partial charge >= 0.3 is 0 Å². The van der Waals surface area contributed by atoms with Crippen LogP contribution in [0.3, 0.4) is 0 Å². The molecular weight excluding hydrogens is 405 g/mol. The highest BCUT2D eigenvalue weighted by Crippen LogP contribution is 2.28. The second-order valence-electron chi connectivity index (χ2n) is 6.32. The summed E-state index contributed by atoms with van der Waals surface area (Å²) in [5, 5.41) is 14.5. The van der Waals surface area contributed by atoms with Gasteiger partial charge in [-0.1, -0.05) is 41.4 Å². The second-order valence-corrected chi connectivity index (χ2v) is 7.13. The molecule has 9 heteroatoms. The van der Waals surface area contributed by atoms with E-state index in [-0.39, 0.29) is 22.3 Å². The highest BCUT2D eigenvalue weighted by atomic mass is 35.5. The molecule has 1 heterocycles. The fraction of sp³-hybridized carbons (Fsp3) is 0.316. The molecule has 1 aliphatic heterocycles. The van der Waals surface area contributed by atoms with Crippen LogP contribution in [0.1, 0.15) is 22.0 Å². The number of hydrogen-bond acceptors (Lipinski definition) is 5. The first-order valence-electron chi connectivity index (χ1n) is 8.75. The van der Waals surface area contributed by atoms with Crippen LogP contribution in [0.15, 0.2) is 42.5 Å². The number of carbonyl (C=O) groups is 1. The molecule has 0 aliphatic carbocycles. The lowest BCUT2D eigenvalue weighted by atomic mass is 10.0. The Bertz CT molecular complexity index is 872. The van der Waals surface area contributed by atoms with Gasteiger partial charge in [0, 0.05) is 36.3 Å². The van der Waals surface area contributed by atoms with Crippen LogP contribution in [0, 0.1) is 10.1 Å². The largest absolute Gasteiger partial charge is 0.379 e. The van der Waals surface area contributed by atoms with Gasteiger partial charge in [0.1, 0.15) is 5.02 Å². The van der Waals surface area contributed by atoms with Crippen molar-refractivity contribution in [2.45, 2.75) is 6.04 Å². The molecule has 2 aromatic carbocycles. The summed E-state index contributed by atoms with van der Waals surface area (Å²) in [6, 6.07) is 11.4. The molecule has 1 N–H and O–H groups in total. The molecule has 0 bridgehead atoms. The fourth-order valence-corrected chi connectivity index (χ4v) is 3.60. The van der Waals surface area contributed by atoms with E-state index in [1.54, 1.807) is 0 Å². The lowest BCUT2D eigenvalue weighted by Gasteiger charge is -2.35. The van der Waals surface area contributed by atoms with Crippen molar-refractivity contribution in [2.24, 2.45) is 0 Å². The summed E-state index contributed by atoms with van der Waals surface area (Å²) >= 11 is 12.2. The topological polar surface area (TPSA) is 84.7 Å². The summed E-state index contributed by atoms with van der Waals surface area (Å²) in [6.45, 7) is 2.96. The summed E-state index contributed by atoms with van der Waals surface area (Å²) < 4.78 is 5.42. The third-order valence-corrected chi connectivity index (χ3v) is 5.28. The first-order chi connectivity index (χ1) is 13.5. The Kier molecular flexibility index (Phi) is 6.85. The molecule has 0 saturated carbocycles. The van der Waals surface area contributed by atoms with Crippen molar-refractivity contribution in [1.29, 1.82) is 0 Å². The van der Waals surface area contributed by atoms with E-state index in [9.17, 15) is 14.9 Å². The molecule has 1 atom stereocenters. The molecular formula is C19H19Cl2N3O4. The fourth-order valence-electron chi connectivity index (χ4n) is 3.16. The van der Waals surface area contributed by atoms with E-state index in [4.69, 9.17) is 27.9 Å². The number of amides is 1. The SMILES string of the molecule is O=C(NCC(c1ccccc1Cl)N1CCOCC1)c1ccc(Cl)c([N+](=O)[O-])c1. The van der Waals surface area contributed by atoms with Crippen molar-refractivity contribution in [3.8, 4) is 0 Å². The van der Waals surface area contributed by atoms with Crippen LogP contribution < -0.4 is 5.32 Å².